The quantitative estimate of drug-likeness (QED) is 0.448. The molecule has 0 saturated heterocycles. The minimum atomic E-state index is -0.570. The number of nitrogens with one attached hydrogen (secondary N) is 1. The van der Waals surface area contributed by atoms with Crippen LogP contribution in [0.5, 0.6) is 5.75 Å². The predicted octanol–water partition coefficient (Wildman–Crippen LogP) is 5.29. The van der Waals surface area contributed by atoms with Crippen LogP contribution in [-0.2, 0) is 6.61 Å². The monoisotopic (exact) mass is 400 g/mol. The zero-order valence-corrected chi connectivity index (χ0v) is 15.9. The number of hydrogen-bond donors (Lipinski definition) is 1. The summed E-state index contributed by atoms with van der Waals surface area (Å²) in [6, 6.07) is 12.7. The molecular weight excluding hydrogens is 384 g/mol. The number of anilines is 1. The van der Waals surface area contributed by atoms with Crippen LogP contribution in [-0.4, -0.2) is 10.8 Å². The van der Waals surface area contributed by atoms with Crippen LogP contribution in [0.1, 0.15) is 27.4 Å². The van der Waals surface area contributed by atoms with Crippen molar-refractivity contribution in [2.24, 2.45) is 0 Å². The first-order valence-electron chi connectivity index (χ1n) is 8.37. The molecule has 1 amide bonds. The number of nitro groups is 1. The highest BCUT2D eigenvalue weighted by Gasteiger charge is 2.16. The Hall–Kier alpha value is -3.32. The molecule has 0 unspecified atom stereocenters. The number of aryl methyl sites for hydroxylation is 2. The molecule has 1 N–H and O–H groups in total. The van der Waals surface area contributed by atoms with Crippen LogP contribution in [0.3, 0.4) is 0 Å². The number of rotatable bonds is 6. The van der Waals surface area contributed by atoms with Gasteiger partial charge in [-0.2, -0.15) is 0 Å². The number of non-ortho nitro benzene ring substituents is 1. The van der Waals surface area contributed by atoms with Gasteiger partial charge < -0.3 is 14.5 Å². The fraction of sp³-hybridized carbons (Fsp3) is 0.150. The van der Waals surface area contributed by atoms with Crippen molar-refractivity contribution in [1.82, 2.24) is 0 Å². The standard InChI is InChI=1S/C20H17ClN2O5/c1-12-3-5-15(9-13(12)2)27-11-16-6-8-19(28-16)20(24)22-18-10-14(23(25)26)4-7-17(18)21/h3-10H,11H2,1-2H3,(H,22,24). The van der Waals surface area contributed by atoms with E-state index >= 15 is 0 Å². The second-order valence-corrected chi connectivity index (χ2v) is 6.58. The molecular formula is C20H17ClN2O5. The van der Waals surface area contributed by atoms with Gasteiger partial charge in [0.15, 0.2) is 5.76 Å². The average Bonchev–Trinajstić information content (AvgIpc) is 3.13. The molecule has 0 bridgehead atoms. The summed E-state index contributed by atoms with van der Waals surface area (Å²) in [5.41, 5.74) is 2.24. The zero-order chi connectivity index (χ0) is 20.3. The topological polar surface area (TPSA) is 94.6 Å². The molecule has 1 heterocycles. The fourth-order valence-electron chi connectivity index (χ4n) is 2.44. The van der Waals surface area contributed by atoms with Crippen LogP contribution in [0.15, 0.2) is 52.9 Å². The van der Waals surface area contributed by atoms with Gasteiger partial charge in [-0.15, -0.1) is 0 Å². The Kier molecular flexibility index (Phi) is 5.65. The largest absolute Gasteiger partial charge is 0.486 e. The minimum Gasteiger partial charge on any atom is -0.486 e. The van der Waals surface area contributed by atoms with Gasteiger partial charge in [-0.3, -0.25) is 14.9 Å². The molecule has 0 aliphatic carbocycles. The van der Waals surface area contributed by atoms with E-state index in [1.165, 1.54) is 29.8 Å². The van der Waals surface area contributed by atoms with Gasteiger partial charge in [0.1, 0.15) is 18.1 Å². The van der Waals surface area contributed by atoms with Crippen LogP contribution >= 0.6 is 11.6 Å². The average molecular weight is 401 g/mol. The summed E-state index contributed by atoms with van der Waals surface area (Å²) >= 11 is 5.99. The molecule has 7 nitrogen and oxygen atoms in total. The minimum absolute atomic E-state index is 0.0428. The summed E-state index contributed by atoms with van der Waals surface area (Å²) < 4.78 is 11.2. The van der Waals surface area contributed by atoms with Crippen LogP contribution in [0, 0.1) is 24.0 Å². The number of nitrogens with zero attached hydrogens (tertiary/aromatic N) is 1. The third-order valence-corrected chi connectivity index (χ3v) is 4.48. The van der Waals surface area contributed by atoms with E-state index in [1.54, 1.807) is 6.07 Å². The fourth-order valence-corrected chi connectivity index (χ4v) is 2.61. The maximum absolute atomic E-state index is 12.3. The number of benzene rings is 2. The Morgan fingerprint density at radius 1 is 1.14 bits per heavy atom. The number of hydrogen-bond acceptors (Lipinski definition) is 5. The predicted molar refractivity (Wildman–Crippen MR) is 105 cm³/mol. The van der Waals surface area contributed by atoms with Gasteiger partial charge in [-0.05, 0) is 55.3 Å². The third kappa shape index (κ3) is 4.50. The first kappa shape index (κ1) is 19.4. The first-order chi connectivity index (χ1) is 13.3. The van der Waals surface area contributed by atoms with Gasteiger partial charge in [-0.1, -0.05) is 17.7 Å². The van der Waals surface area contributed by atoms with Crippen LogP contribution in [0.4, 0.5) is 11.4 Å². The maximum atomic E-state index is 12.3. The van der Waals surface area contributed by atoms with Crippen LogP contribution in [0.25, 0.3) is 0 Å². The van der Waals surface area contributed by atoms with Crippen molar-refractivity contribution >= 4 is 28.9 Å². The van der Waals surface area contributed by atoms with Crippen molar-refractivity contribution in [2.45, 2.75) is 20.5 Å². The zero-order valence-electron chi connectivity index (χ0n) is 15.2. The number of ether oxygens (including phenoxy) is 1. The van der Waals surface area contributed by atoms with E-state index in [9.17, 15) is 14.9 Å². The Morgan fingerprint density at radius 3 is 2.64 bits per heavy atom. The van der Waals surface area contributed by atoms with Crippen LogP contribution < -0.4 is 10.1 Å². The van der Waals surface area contributed by atoms with Gasteiger partial charge in [0.2, 0.25) is 0 Å². The second-order valence-electron chi connectivity index (χ2n) is 6.18. The molecule has 0 aliphatic rings. The van der Waals surface area contributed by atoms with Crippen molar-refractivity contribution in [1.29, 1.82) is 0 Å². The highest BCUT2D eigenvalue weighted by Crippen LogP contribution is 2.27. The number of halogens is 1. The van der Waals surface area contributed by atoms with Crippen molar-refractivity contribution < 1.29 is 18.9 Å². The van der Waals surface area contributed by atoms with Crippen molar-refractivity contribution in [3.63, 3.8) is 0 Å². The molecule has 1 aromatic heterocycles. The van der Waals surface area contributed by atoms with E-state index in [1.807, 2.05) is 32.0 Å². The third-order valence-electron chi connectivity index (χ3n) is 4.15. The lowest BCUT2D eigenvalue weighted by Crippen LogP contribution is -2.11. The molecule has 8 heteroatoms. The number of carbonyl (C=O) groups excluding carboxylic acids is 1. The van der Waals surface area contributed by atoms with Crippen molar-refractivity contribution in [3.05, 3.63) is 86.3 Å². The molecule has 3 aromatic rings. The smallest absolute Gasteiger partial charge is 0.291 e. The maximum Gasteiger partial charge on any atom is 0.291 e. The molecule has 2 aromatic carbocycles. The summed E-state index contributed by atoms with van der Waals surface area (Å²) in [6.45, 7) is 4.17. The van der Waals surface area contributed by atoms with E-state index in [2.05, 4.69) is 5.32 Å². The Morgan fingerprint density at radius 2 is 1.93 bits per heavy atom. The highest BCUT2D eigenvalue weighted by molar-refractivity contribution is 6.34. The molecule has 0 fully saturated rings. The van der Waals surface area contributed by atoms with E-state index in [-0.39, 0.29) is 28.8 Å². The molecule has 0 spiro atoms. The summed E-state index contributed by atoms with van der Waals surface area (Å²) in [5.74, 6) is 0.642. The number of carbonyl (C=O) groups is 1. The summed E-state index contributed by atoms with van der Waals surface area (Å²) in [4.78, 5) is 22.6. The number of furan rings is 1. The van der Waals surface area contributed by atoms with E-state index in [4.69, 9.17) is 20.8 Å². The highest BCUT2D eigenvalue weighted by atomic mass is 35.5. The van der Waals surface area contributed by atoms with Crippen molar-refractivity contribution in [3.8, 4) is 5.75 Å². The molecule has 28 heavy (non-hydrogen) atoms. The van der Waals surface area contributed by atoms with E-state index < -0.39 is 10.8 Å². The number of nitro benzene ring substituents is 1. The lowest BCUT2D eigenvalue weighted by Gasteiger charge is -2.07. The molecule has 3 rings (SSSR count). The van der Waals surface area contributed by atoms with Gasteiger partial charge in [0.25, 0.3) is 11.6 Å². The Balaban J connectivity index is 1.66. The second kappa shape index (κ2) is 8.14. The van der Waals surface area contributed by atoms with Gasteiger partial charge in [0.05, 0.1) is 15.6 Å². The first-order valence-corrected chi connectivity index (χ1v) is 8.75. The van der Waals surface area contributed by atoms with Crippen LogP contribution in [0.2, 0.25) is 5.02 Å². The van der Waals surface area contributed by atoms with Gasteiger partial charge in [0, 0.05) is 12.1 Å². The normalized spacial score (nSPS) is 10.5. The summed E-state index contributed by atoms with van der Waals surface area (Å²) in [5, 5.41) is 13.6. The van der Waals surface area contributed by atoms with Gasteiger partial charge >= 0.3 is 0 Å². The summed E-state index contributed by atoms with van der Waals surface area (Å²) in [6.07, 6.45) is 0. The Labute approximate surface area is 166 Å². The van der Waals surface area contributed by atoms with E-state index in [0.29, 0.717) is 11.5 Å². The lowest BCUT2D eigenvalue weighted by atomic mass is 10.1. The van der Waals surface area contributed by atoms with E-state index in [0.717, 1.165) is 5.56 Å². The molecule has 0 atom stereocenters. The van der Waals surface area contributed by atoms with Crippen molar-refractivity contribution in [2.75, 3.05) is 5.32 Å². The van der Waals surface area contributed by atoms with Gasteiger partial charge in [-0.25, -0.2) is 0 Å². The Bertz CT molecular complexity index is 1040. The molecule has 0 aliphatic heterocycles. The molecule has 0 radical (unpaired) electrons. The number of amides is 1. The lowest BCUT2D eigenvalue weighted by molar-refractivity contribution is -0.384. The molecule has 144 valence electrons. The SMILES string of the molecule is Cc1ccc(OCc2ccc(C(=O)Nc3cc([N+](=O)[O-])ccc3Cl)o2)cc1C. The summed E-state index contributed by atoms with van der Waals surface area (Å²) in [7, 11) is 0. The molecule has 0 saturated carbocycles.